The summed E-state index contributed by atoms with van der Waals surface area (Å²) in [7, 11) is 3.19. The summed E-state index contributed by atoms with van der Waals surface area (Å²) in [5.74, 6) is 0.833. The third kappa shape index (κ3) is 5.39. The van der Waals surface area contributed by atoms with Gasteiger partial charge in [-0.2, -0.15) is 5.26 Å². The van der Waals surface area contributed by atoms with Gasteiger partial charge in [-0.25, -0.2) is 0 Å². The fourth-order valence-corrected chi connectivity index (χ4v) is 5.70. The number of ether oxygens (including phenoxy) is 3. The van der Waals surface area contributed by atoms with Crippen molar-refractivity contribution in [1.82, 2.24) is 4.90 Å². The third-order valence-electron chi connectivity index (χ3n) is 6.82. The van der Waals surface area contributed by atoms with Crippen LogP contribution in [0, 0.1) is 16.7 Å². The number of Topliss-reactive ketones (excluding diaryl/α,β-unsaturated/α-hetero) is 1. The molecule has 0 amide bonds. The molecule has 8 heteroatoms. The minimum absolute atomic E-state index is 0.0263. The number of ketones is 1. The minimum atomic E-state index is -0.601. The van der Waals surface area contributed by atoms with E-state index < -0.39 is 5.92 Å². The normalized spacial score (nSPS) is 19.0. The topological polar surface area (TPSA) is 97.8 Å². The number of allylic oxidation sites excluding steroid dienone is 3. The molecule has 0 spiro atoms. The Morgan fingerprint density at radius 3 is 2.57 bits per heavy atom. The molecule has 0 aromatic heterocycles. The Morgan fingerprint density at radius 1 is 1.19 bits per heavy atom. The highest BCUT2D eigenvalue weighted by molar-refractivity contribution is 9.10. The molecular formula is C29H32BrN3O4. The molecule has 1 aliphatic carbocycles. The molecule has 0 bridgehead atoms. The van der Waals surface area contributed by atoms with Gasteiger partial charge in [-0.1, -0.05) is 44.2 Å². The van der Waals surface area contributed by atoms with Crippen LogP contribution in [0.5, 0.6) is 11.5 Å². The van der Waals surface area contributed by atoms with Gasteiger partial charge in [0.2, 0.25) is 0 Å². The van der Waals surface area contributed by atoms with E-state index in [1.807, 2.05) is 47.4 Å². The van der Waals surface area contributed by atoms with Crippen molar-refractivity contribution in [2.45, 2.75) is 39.2 Å². The largest absolute Gasteiger partial charge is 0.493 e. The Hall–Kier alpha value is -3.28. The van der Waals surface area contributed by atoms with Crippen LogP contribution >= 0.6 is 15.9 Å². The SMILES string of the molecule is COCCN1C(N)=C(C#N)[C@@H](c2cc(Br)c(OCc3ccccc3)c(OC)c2)C2=C1CC(C)(C)CC2=O. The highest BCUT2D eigenvalue weighted by atomic mass is 79.9. The van der Waals surface area contributed by atoms with Gasteiger partial charge in [0.05, 0.1) is 35.7 Å². The number of benzene rings is 2. The van der Waals surface area contributed by atoms with Crippen molar-refractivity contribution in [3.05, 3.63) is 80.7 Å². The van der Waals surface area contributed by atoms with Crippen LogP contribution in [0.3, 0.4) is 0 Å². The van der Waals surface area contributed by atoms with Gasteiger partial charge in [-0.15, -0.1) is 0 Å². The molecule has 7 nitrogen and oxygen atoms in total. The highest BCUT2D eigenvalue weighted by Crippen LogP contribution is 2.50. The lowest BCUT2D eigenvalue weighted by atomic mass is 9.68. The predicted octanol–water partition coefficient (Wildman–Crippen LogP) is 5.42. The van der Waals surface area contributed by atoms with Gasteiger partial charge in [0.25, 0.3) is 0 Å². The number of hydrogen-bond acceptors (Lipinski definition) is 7. The van der Waals surface area contributed by atoms with Crippen molar-refractivity contribution < 1.29 is 19.0 Å². The summed E-state index contributed by atoms with van der Waals surface area (Å²) in [5.41, 5.74) is 9.97. The molecule has 2 aromatic rings. The molecule has 2 N–H and O–H groups in total. The van der Waals surface area contributed by atoms with Crippen molar-refractivity contribution in [2.75, 3.05) is 27.4 Å². The molecule has 0 saturated carbocycles. The fraction of sp³-hybridized carbons (Fsp3) is 0.379. The van der Waals surface area contributed by atoms with Gasteiger partial charge in [0, 0.05) is 31.3 Å². The Bertz CT molecular complexity index is 1290. The maximum Gasteiger partial charge on any atom is 0.175 e. The van der Waals surface area contributed by atoms with E-state index in [-0.39, 0.29) is 11.2 Å². The van der Waals surface area contributed by atoms with Crippen LogP contribution in [0.4, 0.5) is 0 Å². The van der Waals surface area contributed by atoms with Gasteiger partial charge in [0.15, 0.2) is 17.3 Å². The van der Waals surface area contributed by atoms with Gasteiger partial charge < -0.3 is 24.8 Å². The summed E-state index contributed by atoms with van der Waals surface area (Å²) in [4.78, 5) is 15.5. The van der Waals surface area contributed by atoms with Gasteiger partial charge in [0.1, 0.15) is 12.4 Å². The molecule has 1 aliphatic heterocycles. The Labute approximate surface area is 226 Å². The summed E-state index contributed by atoms with van der Waals surface area (Å²) in [6.45, 7) is 5.41. The van der Waals surface area contributed by atoms with Gasteiger partial charge in [-0.05, 0) is 51.0 Å². The fourth-order valence-electron chi connectivity index (χ4n) is 5.12. The van der Waals surface area contributed by atoms with Crippen LogP contribution < -0.4 is 15.2 Å². The van der Waals surface area contributed by atoms with E-state index in [0.717, 1.165) is 16.8 Å². The van der Waals surface area contributed by atoms with Crippen molar-refractivity contribution in [3.63, 3.8) is 0 Å². The molecule has 1 heterocycles. The molecule has 37 heavy (non-hydrogen) atoms. The lowest BCUT2D eigenvalue weighted by molar-refractivity contribution is -0.118. The number of nitrogens with zero attached hydrogens (tertiary/aromatic N) is 2. The van der Waals surface area contributed by atoms with E-state index in [2.05, 4.69) is 35.8 Å². The molecule has 0 unspecified atom stereocenters. The summed E-state index contributed by atoms with van der Waals surface area (Å²) in [5, 5.41) is 10.2. The van der Waals surface area contributed by atoms with E-state index in [0.29, 0.717) is 65.5 Å². The van der Waals surface area contributed by atoms with Crippen LogP contribution in [0.15, 0.2) is 69.6 Å². The molecule has 0 radical (unpaired) electrons. The van der Waals surface area contributed by atoms with Crippen molar-refractivity contribution in [2.24, 2.45) is 11.1 Å². The smallest absolute Gasteiger partial charge is 0.175 e. The minimum Gasteiger partial charge on any atom is -0.493 e. The second kappa shape index (κ2) is 11.0. The lowest BCUT2D eigenvalue weighted by Crippen LogP contribution is -2.43. The van der Waals surface area contributed by atoms with Crippen molar-refractivity contribution in [1.29, 1.82) is 5.26 Å². The molecular weight excluding hydrogens is 534 g/mol. The number of nitriles is 1. The number of carbonyl (C=O) groups is 1. The molecule has 2 aliphatic rings. The monoisotopic (exact) mass is 565 g/mol. The predicted molar refractivity (Wildman–Crippen MR) is 145 cm³/mol. The van der Waals surface area contributed by atoms with E-state index >= 15 is 0 Å². The number of carbonyl (C=O) groups excluding carboxylic acids is 1. The second-order valence-electron chi connectivity index (χ2n) is 10.1. The van der Waals surface area contributed by atoms with Crippen LogP contribution in [0.25, 0.3) is 0 Å². The van der Waals surface area contributed by atoms with E-state index in [1.54, 1.807) is 14.2 Å². The first-order chi connectivity index (χ1) is 17.7. The van der Waals surface area contributed by atoms with Crippen LogP contribution in [0.2, 0.25) is 0 Å². The Balaban J connectivity index is 1.81. The molecule has 194 valence electrons. The average molecular weight is 566 g/mol. The van der Waals surface area contributed by atoms with Gasteiger partial charge in [-0.3, -0.25) is 4.79 Å². The molecule has 0 fully saturated rings. The van der Waals surface area contributed by atoms with Crippen molar-refractivity contribution in [3.8, 4) is 17.6 Å². The number of hydrogen-bond donors (Lipinski definition) is 1. The molecule has 0 saturated heterocycles. The standard InChI is InChI=1S/C29H32BrN3O4/c1-29(2)14-22-26(23(34)15-29)25(20(16-31)28(32)33(22)10-11-35-3)19-12-21(30)27(24(13-19)36-4)37-17-18-8-6-5-7-9-18/h5-9,12-13,25H,10-11,14-15,17,32H2,1-4H3/t25-/m1/s1. The molecule has 4 rings (SSSR count). The first-order valence-corrected chi connectivity index (χ1v) is 13.0. The van der Waals surface area contributed by atoms with Crippen LogP contribution in [0.1, 0.15) is 43.7 Å². The average Bonchev–Trinajstić information content (AvgIpc) is 2.86. The number of methoxy groups -OCH3 is 2. The van der Waals surface area contributed by atoms with E-state index in [1.165, 1.54) is 0 Å². The Kier molecular flexibility index (Phi) is 7.96. The zero-order valence-electron chi connectivity index (χ0n) is 21.6. The maximum atomic E-state index is 13.6. The summed E-state index contributed by atoms with van der Waals surface area (Å²) in [6, 6.07) is 15.9. The Morgan fingerprint density at radius 2 is 1.92 bits per heavy atom. The summed E-state index contributed by atoms with van der Waals surface area (Å²) < 4.78 is 17.8. The third-order valence-corrected chi connectivity index (χ3v) is 7.41. The van der Waals surface area contributed by atoms with Gasteiger partial charge >= 0.3 is 0 Å². The highest BCUT2D eigenvalue weighted by Gasteiger charge is 2.44. The van der Waals surface area contributed by atoms with E-state index in [9.17, 15) is 10.1 Å². The molecule has 2 aromatic carbocycles. The summed E-state index contributed by atoms with van der Waals surface area (Å²) >= 11 is 3.64. The first-order valence-electron chi connectivity index (χ1n) is 12.2. The zero-order valence-corrected chi connectivity index (χ0v) is 23.2. The van der Waals surface area contributed by atoms with Crippen LogP contribution in [-0.2, 0) is 16.1 Å². The number of rotatable bonds is 8. The van der Waals surface area contributed by atoms with Crippen LogP contribution in [-0.4, -0.2) is 38.1 Å². The lowest BCUT2D eigenvalue weighted by Gasteiger charge is -2.43. The number of nitrogens with two attached hydrogens (primary N) is 1. The first kappa shape index (κ1) is 26.8. The summed E-state index contributed by atoms with van der Waals surface area (Å²) in [6.07, 6.45) is 1.07. The molecule has 1 atom stereocenters. The number of halogens is 1. The maximum absolute atomic E-state index is 13.6. The zero-order chi connectivity index (χ0) is 26.7. The quantitative estimate of drug-likeness (QED) is 0.456. The van der Waals surface area contributed by atoms with Crippen molar-refractivity contribution >= 4 is 21.7 Å². The van der Waals surface area contributed by atoms with E-state index in [4.69, 9.17) is 19.9 Å². The second-order valence-corrected chi connectivity index (χ2v) is 11.0.